The van der Waals surface area contributed by atoms with Crippen molar-refractivity contribution in [2.45, 2.75) is 20.3 Å². The highest BCUT2D eigenvalue weighted by Crippen LogP contribution is 2.20. The van der Waals surface area contributed by atoms with E-state index in [0.29, 0.717) is 23.3 Å². The second-order valence-electron chi connectivity index (χ2n) is 4.94. The maximum Gasteiger partial charge on any atom is 0.267 e. The number of hydrogen-bond acceptors (Lipinski definition) is 2. The molecular weight excluding hydrogens is 272 g/mol. The van der Waals surface area contributed by atoms with E-state index in [1.807, 2.05) is 55.5 Å². The Kier molecular flexibility index (Phi) is 3.76. The Hall–Kier alpha value is -2.86. The number of aryl methyl sites for hydroxylation is 1. The Balaban J connectivity index is 2.46. The Morgan fingerprint density at radius 2 is 1.86 bits per heavy atom. The van der Waals surface area contributed by atoms with E-state index in [4.69, 9.17) is 0 Å². The van der Waals surface area contributed by atoms with Gasteiger partial charge in [0.2, 0.25) is 0 Å². The molecule has 3 aromatic rings. The summed E-state index contributed by atoms with van der Waals surface area (Å²) in [6.45, 7) is 3.77. The van der Waals surface area contributed by atoms with Crippen molar-refractivity contribution in [1.29, 1.82) is 0 Å². The molecule has 0 atom stereocenters. The Morgan fingerprint density at radius 1 is 1.09 bits per heavy atom. The number of pyridine rings is 1. The van der Waals surface area contributed by atoms with Gasteiger partial charge in [0.1, 0.15) is 11.3 Å². The Labute approximate surface area is 129 Å². The summed E-state index contributed by atoms with van der Waals surface area (Å²) in [4.78, 5) is 17.7. The molecule has 0 amide bonds. The maximum atomic E-state index is 13.1. The summed E-state index contributed by atoms with van der Waals surface area (Å²) < 4.78 is 1.60. The van der Waals surface area contributed by atoms with Gasteiger partial charge in [-0.3, -0.25) is 9.20 Å². The van der Waals surface area contributed by atoms with Gasteiger partial charge in [-0.25, -0.2) is 4.98 Å². The predicted molar refractivity (Wildman–Crippen MR) is 88.8 cm³/mol. The van der Waals surface area contributed by atoms with Crippen molar-refractivity contribution < 1.29 is 0 Å². The van der Waals surface area contributed by atoms with Gasteiger partial charge in [-0.1, -0.05) is 49.2 Å². The van der Waals surface area contributed by atoms with Gasteiger partial charge in [0, 0.05) is 0 Å². The molecule has 1 aromatic carbocycles. The fraction of sp³-hybridized carbons (Fsp3) is 0.158. The minimum Gasteiger partial charge on any atom is -0.268 e. The second kappa shape index (κ2) is 5.87. The average molecular weight is 288 g/mol. The minimum absolute atomic E-state index is 0.0635. The highest BCUT2D eigenvalue weighted by molar-refractivity contribution is 5.67. The van der Waals surface area contributed by atoms with Crippen LogP contribution in [0.5, 0.6) is 0 Å². The first-order valence-electron chi connectivity index (χ1n) is 7.29. The molecule has 0 saturated carbocycles. The third-order valence-corrected chi connectivity index (χ3v) is 3.57. The Bertz CT molecular complexity index is 944. The van der Waals surface area contributed by atoms with Crippen LogP contribution >= 0.6 is 0 Å². The highest BCUT2D eigenvalue weighted by Gasteiger charge is 2.14. The topological polar surface area (TPSA) is 34.4 Å². The molecule has 0 fully saturated rings. The molecule has 0 saturated heterocycles. The SMILES string of the molecule is CC#Cc1cccc2nc(CC)c(-c3ccccc3)c(=O)n12. The van der Waals surface area contributed by atoms with Crippen LogP contribution in [0.2, 0.25) is 0 Å². The fourth-order valence-corrected chi connectivity index (χ4v) is 2.60. The lowest BCUT2D eigenvalue weighted by molar-refractivity contribution is 0.962. The zero-order chi connectivity index (χ0) is 15.5. The lowest BCUT2D eigenvalue weighted by Gasteiger charge is -2.11. The first-order valence-corrected chi connectivity index (χ1v) is 7.29. The van der Waals surface area contributed by atoms with Gasteiger partial charge in [-0.05, 0) is 37.0 Å². The number of benzene rings is 1. The van der Waals surface area contributed by atoms with E-state index in [0.717, 1.165) is 11.3 Å². The molecule has 22 heavy (non-hydrogen) atoms. The third kappa shape index (κ3) is 2.29. The molecule has 0 unspecified atom stereocenters. The van der Waals surface area contributed by atoms with E-state index in [9.17, 15) is 4.79 Å². The van der Waals surface area contributed by atoms with Crippen molar-refractivity contribution >= 4 is 5.65 Å². The standard InChI is InChI=1S/C19H16N2O/c1-3-9-15-12-8-13-17-20-16(4-2)18(19(22)21(15)17)14-10-6-5-7-11-14/h5-8,10-13H,4H2,1-2H3. The van der Waals surface area contributed by atoms with Gasteiger partial charge in [-0.2, -0.15) is 0 Å². The van der Waals surface area contributed by atoms with Crippen LogP contribution in [0, 0.1) is 11.8 Å². The summed E-state index contributed by atoms with van der Waals surface area (Å²) in [6, 6.07) is 15.2. The predicted octanol–water partition coefficient (Wildman–Crippen LogP) is 3.30. The summed E-state index contributed by atoms with van der Waals surface area (Å²) in [5.74, 6) is 5.83. The summed E-state index contributed by atoms with van der Waals surface area (Å²) in [5, 5.41) is 0. The zero-order valence-electron chi connectivity index (χ0n) is 12.6. The number of nitrogens with zero attached hydrogens (tertiary/aromatic N) is 2. The molecule has 0 aliphatic heterocycles. The smallest absolute Gasteiger partial charge is 0.267 e. The van der Waals surface area contributed by atoms with Crippen LogP contribution in [0.15, 0.2) is 53.3 Å². The molecular formula is C19H16N2O. The zero-order valence-corrected chi connectivity index (χ0v) is 12.6. The lowest BCUT2D eigenvalue weighted by atomic mass is 10.0. The van der Waals surface area contributed by atoms with Crippen LogP contribution < -0.4 is 5.56 Å². The van der Waals surface area contributed by atoms with Crippen molar-refractivity contribution in [3.8, 4) is 23.0 Å². The summed E-state index contributed by atoms with van der Waals surface area (Å²) in [5.41, 5.74) is 3.61. The first kappa shape index (κ1) is 14.1. The number of fused-ring (bicyclic) bond motifs is 1. The van der Waals surface area contributed by atoms with E-state index < -0.39 is 0 Å². The van der Waals surface area contributed by atoms with E-state index in [1.54, 1.807) is 11.3 Å². The average Bonchev–Trinajstić information content (AvgIpc) is 2.55. The lowest BCUT2D eigenvalue weighted by Crippen LogP contribution is -2.21. The van der Waals surface area contributed by atoms with Crippen LogP contribution in [0.25, 0.3) is 16.8 Å². The van der Waals surface area contributed by atoms with E-state index >= 15 is 0 Å². The molecule has 0 aliphatic carbocycles. The van der Waals surface area contributed by atoms with E-state index in [2.05, 4.69) is 16.8 Å². The molecule has 3 nitrogen and oxygen atoms in total. The van der Waals surface area contributed by atoms with Crippen molar-refractivity contribution in [2.75, 3.05) is 0 Å². The fourth-order valence-electron chi connectivity index (χ4n) is 2.60. The molecule has 2 aromatic heterocycles. The molecule has 3 heteroatoms. The molecule has 0 N–H and O–H groups in total. The van der Waals surface area contributed by atoms with Gasteiger partial charge in [0.25, 0.3) is 5.56 Å². The number of aromatic nitrogens is 2. The summed E-state index contributed by atoms with van der Waals surface area (Å²) >= 11 is 0. The molecule has 0 spiro atoms. The normalized spacial score (nSPS) is 10.3. The second-order valence-corrected chi connectivity index (χ2v) is 4.94. The van der Waals surface area contributed by atoms with Crippen molar-refractivity contribution in [3.63, 3.8) is 0 Å². The van der Waals surface area contributed by atoms with Gasteiger partial charge in [0.05, 0.1) is 11.3 Å². The number of rotatable bonds is 2. The van der Waals surface area contributed by atoms with Crippen LogP contribution in [-0.4, -0.2) is 9.38 Å². The van der Waals surface area contributed by atoms with Crippen molar-refractivity contribution in [2.24, 2.45) is 0 Å². The summed E-state index contributed by atoms with van der Waals surface area (Å²) in [7, 11) is 0. The quantitative estimate of drug-likeness (QED) is 0.678. The molecule has 108 valence electrons. The van der Waals surface area contributed by atoms with E-state index in [-0.39, 0.29) is 5.56 Å². The van der Waals surface area contributed by atoms with Crippen LogP contribution in [0.4, 0.5) is 0 Å². The van der Waals surface area contributed by atoms with Gasteiger partial charge in [0.15, 0.2) is 0 Å². The molecule has 2 heterocycles. The largest absolute Gasteiger partial charge is 0.268 e. The van der Waals surface area contributed by atoms with Gasteiger partial charge >= 0.3 is 0 Å². The van der Waals surface area contributed by atoms with Crippen LogP contribution in [0.1, 0.15) is 25.2 Å². The van der Waals surface area contributed by atoms with Crippen LogP contribution in [-0.2, 0) is 6.42 Å². The highest BCUT2D eigenvalue weighted by atomic mass is 16.1. The van der Waals surface area contributed by atoms with Crippen LogP contribution in [0.3, 0.4) is 0 Å². The minimum atomic E-state index is -0.0635. The maximum absolute atomic E-state index is 13.1. The molecule has 0 aliphatic rings. The molecule has 3 rings (SSSR count). The monoisotopic (exact) mass is 288 g/mol. The van der Waals surface area contributed by atoms with Gasteiger partial charge in [-0.15, -0.1) is 0 Å². The molecule has 0 radical (unpaired) electrons. The van der Waals surface area contributed by atoms with Crippen molar-refractivity contribution in [1.82, 2.24) is 9.38 Å². The van der Waals surface area contributed by atoms with Gasteiger partial charge < -0.3 is 0 Å². The Morgan fingerprint density at radius 3 is 2.55 bits per heavy atom. The number of hydrogen-bond donors (Lipinski definition) is 0. The molecule has 0 bridgehead atoms. The first-order chi connectivity index (χ1) is 10.8. The third-order valence-electron chi connectivity index (χ3n) is 3.57. The summed E-state index contributed by atoms with van der Waals surface area (Å²) in [6.07, 6.45) is 0.708. The van der Waals surface area contributed by atoms with Crippen molar-refractivity contribution in [3.05, 3.63) is 70.3 Å². The van der Waals surface area contributed by atoms with E-state index in [1.165, 1.54) is 0 Å².